The van der Waals surface area contributed by atoms with Crippen molar-refractivity contribution in [3.63, 3.8) is 0 Å². The van der Waals surface area contributed by atoms with Gasteiger partial charge in [0.25, 0.3) is 5.91 Å². The van der Waals surface area contributed by atoms with Crippen LogP contribution >= 0.6 is 27.3 Å². The van der Waals surface area contributed by atoms with Gasteiger partial charge >= 0.3 is 0 Å². The molecule has 0 aliphatic rings. The Labute approximate surface area is 115 Å². The summed E-state index contributed by atoms with van der Waals surface area (Å²) in [6.07, 6.45) is 1.51. The Morgan fingerprint density at radius 3 is 2.89 bits per heavy atom. The molecule has 92 valence electrons. The van der Waals surface area contributed by atoms with Gasteiger partial charge in [-0.2, -0.15) is 5.10 Å². The number of nitrogens with zero attached hydrogens (tertiary/aromatic N) is 1. The predicted molar refractivity (Wildman–Crippen MR) is 73.5 cm³/mol. The first kappa shape index (κ1) is 12.9. The predicted octanol–water partition coefficient (Wildman–Crippen LogP) is 3.41. The Morgan fingerprint density at radius 1 is 1.44 bits per heavy atom. The lowest BCUT2D eigenvalue weighted by molar-refractivity contribution is 0.0951. The second-order valence-corrected chi connectivity index (χ2v) is 5.20. The van der Waals surface area contributed by atoms with Gasteiger partial charge in [0.15, 0.2) is 0 Å². The number of hydrogen-bond donors (Lipinski definition) is 1. The van der Waals surface area contributed by atoms with Crippen molar-refractivity contribution in [2.24, 2.45) is 5.10 Å². The summed E-state index contributed by atoms with van der Waals surface area (Å²) in [6.45, 7) is 0. The molecule has 0 fully saturated rings. The topological polar surface area (TPSA) is 41.5 Å². The van der Waals surface area contributed by atoms with E-state index in [9.17, 15) is 9.18 Å². The molecule has 1 aromatic carbocycles. The third kappa shape index (κ3) is 3.24. The van der Waals surface area contributed by atoms with Crippen molar-refractivity contribution in [1.82, 2.24) is 5.43 Å². The Kier molecular flexibility index (Phi) is 4.22. The number of benzene rings is 1. The first-order valence-corrected chi connectivity index (χ1v) is 6.66. The van der Waals surface area contributed by atoms with Crippen LogP contribution in [0.2, 0.25) is 0 Å². The molecule has 2 aromatic rings. The number of carbonyl (C=O) groups is 1. The van der Waals surface area contributed by atoms with Gasteiger partial charge < -0.3 is 0 Å². The quantitative estimate of drug-likeness (QED) is 0.681. The van der Waals surface area contributed by atoms with Crippen molar-refractivity contribution in [2.45, 2.75) is 0 Å². The maximum Gasteiger partial charge on any atom is 0.274 e. The molecule has 2 rings (SSSR count). The molecule has 0 aliphatic carbocycles. The fourth-order valence-electron chi connectivity index (χ4n) is 1.26. The minimum Gasteiger partial charge on any atom is -0.267 e. The van der Waals surface area contributed by atoms with Crippen LogP contribution < -0.4 is 5.43 Å². The van der Waals surface area contributed by atoms with Crippen molar-refractivity contribution in [2.75, 3.05) is 0 Å². The Morgan fingerprint density at radius 2 is 2.22 bits per heavy atom. The van der Waals surface area contributed by atoms with Crippen molar-refractivity contribution in [3.8, 4) is 0 Å². The van der Waals surface area contributed by atoms with E-state index in [4.69, 9.17) is 0 Å². The summed E-state index contributed by atoms with van der Waals surface area (Å²) in [5.74, 6) is -1.14. The molecule has 0 saturated heterocycles. The number of thiophene rings is 1. The van der Waals surface area contributed by atoms with Gasteiger partial charge in [0, 0.05) is 14.7 Å². The molecule has 0 spiro atoms. The monoisotopic (exact) mass is 326 g/mol. The summed E-state index contributed by atoms with van der Waals surface area (Å²) in [5, 5.41) is 5.67. The average molecular weight is 327 g/mol. The van der Waals surface area contributed by atoms with Crippen molar-refractivity contribution < 1.29 is 9.18 Å². The first-order valence-electron chi connectivity index (χ1n) is 4.99. The molecular weight excluding hydrogens is 319 g/mol. The van der Waals surface area contributed by atoms with Gasteiger partial charge in [-0.05, 0) is 34.1 Å². The lowest BCUT2D eigenvalue weighted by Gasteiger charge is -2.00. The van der Waals surface area contributed by atoms with Crippen LogP contribution in [0.25, 0.3) is 0 Å². The van der Waals surface area contributed by atoms with Crippen LogP contribution in [-0.4, -0.2) is 12.1 Å². The minimum absolute atomic E-state index is 0.0259. The molecule has 1 heterocycles. The second kappa shape index (κ2) is 5.88. The van der Waals surface area contributed by atoms with Crippen LogP contribution in [-0.2, 0) is 0 Å². The molecule has 1 amide bonds. The molecule has 18 heavy (non-hydrogen) atoms. The summed E-state index contributed by atoms with van der Waals surface area (Å²) >= 11 is 4.79. The fraction of sp³-hybridized carbons (Fsp3) is 0. The van der Waals surface area contributed by atoms with Crippen LogP contribution in [0.5, 0.6) is 0 Å². The summed E-state index contributed by atoms with van der Waals surface area (Å²) in [6, 6.07) is 7.62. The number of hydrazone groups is 1. The summed E-state index contributed by atoms with van der Waals surface area (Å²) in [4.78, 5) is 12.5. The van der Waals surface area contributed by atoms with E-state index in [1.165, 1.54) is 35.8 Å². The number of carbonyl (C=O) groups excluding carboxylic acids is 1. The minimum atomic E-state index is -0.569. The highest BCUT2D eigenvalue weighted by Gasteiger charge is 2.08. The normalized spacial score (nSPS) is 10.8. The molecule has 0 saturated carbocycles. The van der Waals surface area contributed by atoms with E-state index in [1.54, 1.807) is 6.07 Å². The van der Waals surface area contributed by atoms with E-state index in [1.807, 2.05) is 11.4 Å². The average Bonchev–Trinajstić information content (AvgIpc) is 2.75. The van der Waals surface area contributed by atoms with E-state index in [2.05, 4.69) is 26.5 Å². The Bertz CT molecular complexity index is 597. The molecule has 0 radical (unpaired) electrons. The number of nitrogens with one attached hydrogen (secondary N) is 1. The van der Waals surface area contributed by atoms with Crippen LogP contribution in [0.1, 0.15) is 15.2 Å². The Hall–Kier alpha value is -1.53. The van der Waals surface area contributed by atoms with Gasteiger partial charge in [0.2, 0.25) is 0 Å². The standard InChI is InChI=1S/C12H8BrFN2OS/c13-8-5-9(18-7-8)6-15-16-12(17)10-3-1-2-4-11(10)14/h1-7H,(H,16,17)/b15-6-. The number of amides is 1. The highest BCUT2D eigenvalue weighted by Crippen LogP contribution is 2.17. The van der Waals surface area contributed by atoms with E-state index in [0.29, 0.717) is 0 Å². The van der Waals surface area contributed by atoms with Gasteiger partial charge in [0.05, 0.1) is 11.8 Å². The second-order valence-electron chi connectivity index (χ2n) is 3.35. The zero-order chi connectivity index (χ0) is 13.0. The largest absolute Gasteiger partial charge is 0.274 e. The van der Waals surface area contributed by atoms with Gasteiger partial charge in [0.1, 0.15) is 5.82 Å². The molecule has 0 bridgehead atoms. The third-order valence-electron chi connectivity index (χ3n) is 2.06. The van der Waals surface area contributed by atoms with Crippen molar-refractivity contribution >= 4 is 39.4 Å². The highest BCUT2D eigenvalue weighted by atomic mass is 79.9. The lowest BCUT2D eigenvalue weighted by atomic mass is 10.2. The van der Waals surface area contributed by atoms with Gasteiger partial charge in [-0.1, -0.05) is 12.1 Å². The summed E-state index contributed by atoms with van der Waals surface area (Å²) < 4.78 is 14.2. The molecule has 1 N–H and O–H groups in total. The van der Waals surface area contributed by atoms with E-state index in [-0.39, 0.29) is 5.56 Å². The van der Waals surface area contributed by atoms with Gasteiger partial charge in [-0.3, -0.25) is 4.79 Å². The van der Waals surface area contributed by atoms with E-state index < -0.39 is 11.7 Å². The molecule has 0 atom stereocenters. The van der Waals surface area contributed by atoms with Crippen molar-refractivity contribution in [1.29, 1.82) is 0 Å². The zero-order valence-corrected chi connectivity index (χ0v) is 11.5. The van der Waals surface area contributed by atoms with E-state index >= 15 is 0 Å². The first-order chi connectivity index (χ1) is 8.66. The molecule has 1 aromatic heterocycles. The molecular formula is C12H8BrFN2OS. The molecule has 0 unspecified atom stereocenters. The van der Waals surface area contributed by atoms with Crippen LogP contribution in [0.15, 0.2) is 45.3 Å². The maximum atomic E-state index is 13.3. The van der Waals surface area contributed by atoms with Crippen LogP contribution in [0, 0.1) is 5.82 Å². The zero-order valence-electron chi connectivity index (χ0n) is 9.06. The molecule has 3 nitrogen and oxygen atoms in total. The maximum absolute atomic E-state index is 13.3. The van der Waals surface area contributed by atoms with Gasteiger partial charge in [-0.15, -0.1) is 11.3 Å². The fourth-order valence-corrected chi connectivity index (χ4v) is 2.56. The lowest BCUT2D eigenvalue weighted by Crippen LogP contribution is -2.18. The highest BCUT2D eigenvalue weighted by molar-refractivity contribution is 9.10. The van der Waals surface area contributed by atoms with Crippen molar-refractivity contribution in [3.05, 3.63) is 56.4 Å². The number of rotatable bonds is 3. The molecule has 6 heteroatoms. The Balaban J connectivity index is 2.01. The van der Waals surface area contributed by atoms with Crippen LogP contribution in [0.3, 0.4) is 0 Å². The van der Waals surface area contributed by atoms with Crippen LogP contribution in [0.4, 0.5) is 4.39 Å². The number of halogens is 2. The SMILES string of the molecule is O=C(N/N=C\c1cc(Br)cs1)c1ccccc1F. The van der Waals surface area contributed by atoms with Gasteiger partial charge in [-0.25, -0.2) is 9.82 Å². The summed E-state index contributed by atoms with van der Waals surface area (Å²) in [5.41, 5.74) is 2.25. The third-order valence-corrected chi connectivity index (χ3v) is 3.69. The number of hydrogen-bond acceptors (Lipinski definition) is 3. The molecule has 0 aliphatic heterocycles. The summed E-state index contributed by atoms with van der Waals surface area (Å²) in [7, 11) is 0. The smallest absolute Gasteiger partial charge is 0.267 e. The van der Waals surface area contributed by atoms with E-state index in [0.717, 1.165) is 9.35 Å².